The summed E-state index contributed by atoms with van der Waals surface area (Å²) in [4.78, 5) is 7.49. The van der Waals surface area contributed by atoms with E-state index in [0.29, 0.717) is 11.5 Å². The molecule has 12 heavy (non-hydrogen) atoms. The molecule has 2 rings (SSSR count). The minimum Gasteiger partial charge on any atom is -0.479 e. The second kappa shape index (κ2) is 2.73. The lowest BCUT2D eigenvalue weighted by Gasteiger charge is -1.97. The van der Waals surface area contributed by atoms with Crippen LogP contribution >= 0.6 is 22.9 Å². The van der Waals surface area contributed by atoms with Crippen molar-refractivity contribution in [1.29, 1.82) is 0 Å². The topological polar surface area (TPSA) is 86.7 Å². The first-order valence-corrected chi connectivity index (χ1v) is 4.16. The van der Waals surface area contributed by atoms with Crippen LogP contribution in [0, 0.1) is 0 Å². The van der Waals surface area contributed by atoms with Gasteiger partial charge in [-0.3, -0.25) is 5.10 Å². The van der Waals surface area contributed by atoms with E-state index in [2.05, 4.69) is 23.7 Å². The molecule has 0 bridgehead atoms. The second-order valence-electron chi connectivity index (χ2n) is 2.10. The zero-order valence-corrected chi connectivity index (χ0v) is 7.90. The number of hydrogen-bond acceptors (Lipinski definition) is 5. The van der Waals surface area contributed by atoms with Gasteiger partial charge in [0.25, 0.3) is 0 Å². The summed E-state index contributed by atoms with van der Waals surface area (Å²) in [6, 6.07) is -0.272. The Morgan fingerprint density at radius 3 is 3.08 bits per heavy atom. The van der Waals surface area contributed by atoms with Crippen LogP contribution in [0.5, 0.6) is 6.01 Å². The molecular weight excluding hydrogens is 273 g/mol. The first-order valence-electron chi connectivity index (χ1n) is 3.08. The zero-order chi connectivity index (χ0) is 8.55. The maximum Gasteiger partial charge on any atom is 0.317 e. The summed E-state index contributed by atoms with van der Waals surface area (Å²) in [6.45, 7) is 0. The smallest absolute Gasteiger partial charge is 0.317 e. The predicted molar refractivity (Wildman–Crippen MR) is 51.0 cm³/mol. The number of halogens is 1. The van der Waals surface area contributed by atoms with E-state index < -0.39 is 0 Å². The van der Waals surface area contributed by atoms with Gasteiger partial charge in [-0.1, -0.05) is 0 Å². The largest absolute Gasteiger partial charge is 0.479 e. The molecule has 2 heterocycles. The minimum absolute atomic E-state index is 0.272. The Hall–Kier alpha value is -1.12. The van der Waals surface area contributed by atoms with Crippen molar-refractivity contribution in [2.45, 2.75) is 0 Å². The molecule has 0 saturated carbocycles. The molecule has 0 fully saturated rings. The third-order valence-corrected chi connectivity index (χ3v) is 1.90. The zero-order valence-electron chi connectivity index (χ0n) is 5.74. The quantitative estimate of drug-likeness (QED) is 0.530. The fourth-order valence-electron chi connectivity index (χ4n) is 0.895. The summed E-state index contributed by atoms with van der Waals surface area (Å²) in [7, 11) is 0. The fourth-order valence-corrected chi connectivity index (χ4v) is 1.31. The molecule has 7 heteroatoms. The Morgan fingerprint density at radius 2 is 2.33 bits per heavy atom. The molecule has 62 valence electrons. The van der Waals surface area contributed by atoms with Gasteiger partial charge >= 0.3 is 6.01 Å². The second-order valence-corrected chi connectivity index (χ2v) is 2.64. The maximum atomic E-state index is 9.05. The van der Waals surface area contributed by atoms with Gasteiger partial charge in [-0.15, -0.1) is 0 Å². The first-order chi connectivity index (χ1) is 5.81. The van der Waals surface area contributed by atoms with Gasteiger partial charge in [0.1, 0.15) is 0 Å². The fraction of sp³-hybridized carbons (Fsp3) is 0. The molecule has 0 spiro atoms. The maximum absolute atomic E-state index is 9.05. The third-order valence-electron chi connectivity index (χ3n) is 1.39. The lowest BCUT2D eigenvalue weighted by atomic mass is 10.4. The monoisotopic (exact) mass is 277 g/mol. The van der Waals surface area contributed by atoms with Gasteiger partial charge in [0.2, 0.25) is 0 Å². The molecule has 6 nitrogen and oxygen atoms in total. The molecule has 0 aromatic carbocycles. The third kappa shape index (κ3) is 1.05. The van der Waals surface area contributed by atoms with Crippen molar-refractivity contribution in [3.05, 3.63) is 6.20 Å². The first kappa shape index (κ1) is 7.53. The van der Waals surface area contributed by atoms with Crippen LogP contribution in [0.1, 0.15) is 0 Å². The summed E-state index contributed by atoms with van der Waals surface area (Å²) < 4.78 is 2.80. The Labute approximate surface area is 80.9 Å². The van der Waals surface area contributed by atoms with Gasteiger partial charge in [-0.25, -0.2) is 0 Å². The molecule has 0 amide bonds. The van der Waals surface area contributed by atoms with Crippen molar-refractivity contribution in [3.8, 4) is 6.01 Å². The predicted octanol–water partition coefficient (Wildman–Crippen LogP) is 0.820. The molecule has 0 unspecified atom stereocenters. The van der Waals surface area contributed by atoms with Crippen molar-refractivity contribution in [2.24, 2.45) is 0 Å². The van der Waals surface area contributed by atoms with Gasteiger partial charge in [0, 0.05) is 0 Å². The lowest BCUT2D eigenvalue weighted by molar-refractivity contribution is 0.434. The normalized spacial score (nSPS) is 10.4. The Balaban J connectivity index is 2.80. The molecule has 0 aliphatic carbocycles. The van der Waals surface area contributed by atoms with E-state index in [1.54, 1.807) is 6.20 Å². The van der Waals surface area contributed by atoms with Crippen LogP contribution in [0.15, 0.2) is 6.20 Å². The standard InChI is InChI=1S/C5H4IN5O/c6-10-3-2-1-7-11-4(2)9-5(12)8-3/h1H,(H3,7,8,9,10,11,12). The van der Waals surface area contributed by atoms with Crippen molar-refractivity contribution >= 4 is 39.7 Å². The number of fused-ring (bicyclic) bond motifs is 1. The number of aromatic nitrogens is 4. The van der Waals surface area contributed by atoms with Crippen LogP contribution in [0.4, 0.5) is 5.82 Å². The van der Waals surface area contributed by atoms with Crippen molar-refractivity contribution < 1.29 is 5.11 Å². The van der Waals surface area contributed by atoms with Crippen LogP contribution < -0.4 is 3.53 Å². The van der Waals surface area contributed by atoms with Crippen molar-refractivity contribution in [3.63, 3.8) is 0 Å². The number of rotatable bonds is 1. The summed E-state index contributed by atoms with van der Waals surface area (Å²) >= 11 is 1.92. The van der Waals surface area contributed by atoms with E-state index in [0.717, 1.165) is 5.39 Å². The average molecular weight is 277 g/mol. The van der Waals surface area contributed by atoms with Gasteiger partial charge in [0.05, 0.1) is 34.4 Å². The molecule has 0 aliphatic rings. The van der Waals surface area contributed by atoms with E-state index in [1.165, 1.54) is 0 Å². The number of H-pyrrole nitrogens is 1. The molecule has 3 N–H and O–H groups in total. The summed E-state index contributed by atoms with van der Waals surface area (Å²) in [5, 5.41) is 16.2. The highest BCUT2D eigenvalue weighted by Crippen LogP contribution is 2.20. The van der Waals surface area contributed by atoms with E-state index in [-0.39, 0.29) is 6.01 Å². The van der Waals surface area contributed by atoms with Crippen molar-refractivity contribution in [2.75, 3.05) is 3.53 Å². The van der Waals surface area contributed by atoms with E-state index in [1.807, 2.05) is 22.9 Å². The van der Waals surface area contributed by atoms with E-state index >= 15 is 0 Å². The van der Waals surface area contributed by atoms with Crippen molar-refractivity contribution in [1.82, 2.24) is 20.2 Å². The number of anilines is 1. The van der Waals surface area contributed by atoms with Crippen LogP contribution in [-0.4, -0.2) is 25.3 Å². The lowest BCUT2D eigenvalue weighted by Crippen LogP contribution is -1.89. The number of aromatic hydroxyl groups is 1. The molecule has 0 saturated heterocycles. The van der Waals surface area contributed by atoms with Gasteiger partial charge in [0.15, 0.2) is 11.5 Å². The number of hydrogen-bond donors (Lipinski definition) is 3. The average Bonchev–Trinajstić information content (AvgIpc) is 2.50. The van der Waals surface area contributed by atoms with Gasteiger partial charge < -0.3 is 8.64 Å². The Kier molecular flexibility index (Phi) is 1.71. The SMILES string of the molecule is Oc1nc(NI)c2cn[nH]c2n1. The van der Waals surface area contributed by atoms with E-state index in [9.17, 15) is 0 Å². The van der Waals surface area contributed by atoms with E-state index in [4.69, 9.17) is 5.11 Å². The number of nitrogens with one attached hydrogen (secondary N) is 2. The summed E-state index contributed by atoms with van der Waals surface area (Å²) in [6.07, 6.45) is 1.59. The summed E-state index contributed by atoms with van der Waals surface area (Å²) in [5.41, 5.74) is 0.515. The van der Waals surface area contributed by atoms with Crippen LogP contribution in [0.2, 0.25) is 0 Å². The van der Waals surface area contributed by atoms with Crippen LogP contribution in [0.3, 0.4) is 0 Å². The highest BCUT2D eigenvalue weighted by Gasteiger charge is 2.06. The molecule has 0 radical (unpaired) electrons. The van der Waals surface area contributed by atoms with Gasteiger partial charge in [-0.2, -0.15) is 15.1 Å². The number of aromatic amines is 1. The number of nitrogens with zero attached hydrogens (tertiary/aromatic N) is 3. The van der Waals surface area contributed by atoms with Crippen LogP contribution in [-0.2, 0) is 0 Å². The molecule has 0 aliphatic heterocycles. The summed E-state index contributed by atoms with van der Waals surface area (Å²) in [5.74, 6) is 0.548. The molecular formula is C5H4IN5O. The molecule has 2 aromatic heterocycles. The minimum atomic E-state index is -0.272. The highest BCUT2D eigenvalue weighted by atomic mass is 127. The Bertz CT molecular complexity index is 413. The highest BCUT2D eigenvalue weighted by molar-refractivity contribution is 14.1. The van der Waals surface area contributed by atoms with Crippen LogP contribution in [0.25, 0.3) is 11.0 Å². The Morgan fingerprint density at radius 1 is 1.50 bits per heavy atom. The molecule has 2 aromatic rings. The van der Waals surface area contributed by atoms with Gasteiger partial charge in [-0.05, 0) is 0 Å². The molecule has 0 atom stereocenters.